The van der Waals surface area contributed by atoms with E-state index in [0.717, 1.165) is 78.4 Å². The molecule has 12 heteroatoms. The number of carboxylic acids is 1. The number of benzene rings is 2. The number of hydrogen-bond donors (Lipinski definition) is 3. The molecule has 2 saturated carbocycles. The number of aryl methyl sites for hydroxylation is 2. The van der Waals surface area contributed by atoms with Crippen LogP contribution in [0.1, 0.15) is 88.7 Å². The number of nitrogen functional groups attached to an aromatic ring is 1. The summed E-state index contributed by atoms with van der Waals surface area (Å²) in [5.74, 6) is 6.95. The fraction of sp³-hybridized carbons (Fsp3) is 0.324. The molecule has 8 rings (SSSR count). The number of rotatable bonds is 6. The summed E-state index contributed by atoms with van der Waals surface area (Å²) in [6, 6.07) is 9.39. The first-order valence-corrected chi connectivity index (χ1v) is 15.9. The smallest absolute Gasteiger partial charge is 0.372 e. The second-order valence-corrected chi connectivity index (χ2v) is 13.1. The van der Waals surface area contributed by atoms with E-state index in [9.17, 15) is 14.7 Å². The first-order chi connectivity index (χ1) is 22.1. The van der Waals surface area contributed by atoms with Gasteiger partial charge < -0.3 is 25.3 Å². The molecule has 2 aliphatic rings. The van der Waals surface area contributed by atoms with Gasteiger partial charge in [-0.2, -0.15) is 0 Å². The highest BCUT2D eigenvalue weighted by molar-refractivity contribution is 6.30. The number of amides is 1. The number of nitrogens with zero attached hydrogens (tertiary/aromatic N) is 5. The molecule has 0 saturated heterocycles. The third kappa shape index (κ3) is 4.21. The SMILES string of the molecule is Cc1c(C(=O)O)oc2cc3c(cc12)nc(C1(NC(=O)c2ccc4c(C5CCCC5)c(-c5ncc(Cl)cn5)n(N)c4c2)CCC1)n3C. The van der Waals surface area contributed by atoms with Gasteiger partial charge in [-0.1, -0.05) is 30.5 Å². The van der Waals surface area contributed by atoms with E-state index in [4.69, 9.17) is 26.8 Å². The molecule has 2 aromatic carbocycles. The van der Waals surface area contributed by atoms with Crippen LogP contribution >= 0.6 is 11.6 Å². The Morgan fingerprint density at radius 3 is 2.48 bits per heavy atom. The quantitative estimate of drug-likeness (QED) is 0.173. The summed E-state index contributed by atoms with van der Waals surface area (Å²) < 4.78 is 9.24. The summed E-state index contributed by atoms with van der Waals surface area (Å²) in [6.45, 7) is 1.73. The Bertz CT molecular complexity index is 2220. The molecule has 6 aromatic rings. The number of carbonyl (C=O) groups is 2. The van der Waals surface area contributed by atoms with Crippen LogP contribution in [0.5, 0.6) is 0 Å². The van der Waals surface area contributed by atoms with Crippen LogP contribution in [0.3, 0.4) is 0 Å². The second-order valence-electron chi connectivity index (χ2n) is 12.7. The Hall–Kier alpha value is -4.90. The van der Waals surface area contributed by atoms with Gasteiger partial charge in [0.1, 0.15) is 17.1 Å². The summed E-state index contributed by atoms with van der Waals surface area (Å²) in [5, 5.41) is 15.0. The lowest BCUT2D eigenvalue weighted by molar-refractivity contribution is 0.0663. The minimum absolute atomic E-state index is 0.0722. The van der Waals surface area contributed by atoms with Crippen molar-refractivity contribution in [2.24, 2.45) is 7.05 Å². The third-order valence-corrected chi connectivity index (χ3v) is 10.2. The van der Waals surface area contributed by atoms with E-state index >= 15 is 0 Å². The average molecular weight is 638 g/mol. The van der Waals surface area contributed by atoms with E-state index in [-0.39, 0.29) is 11.7 Å². The van der Waals surface area contributed by atoms with E-state index in [1.165, 1.54) is 0 Å². The normalized spacial score (nSPS) is 16.4. The van der Waals surface area contributed by atoms with Crippen molar-refractivity contribution in [2.45, 2.75) is 63.3 Å². The fourth-order valence-corrected chi connectivity index (χ4v) is 7.63. The minimum Gasteiger partial charge on any atom is -0.475 e. The zero-order chi connectivity index (χ0) is 31.9. The third-order valence-electron chi connectivity index (χ3n) is 10.0. The zero-order valence-corrected chi connectivity index (χ0v) is 26.2. The second kappa shape index (κ2) is 10.3. The van der Waals surface area contributed by atoms with E-state index in [1.54, 1.807) is 24.0 Å². The first-order valence-electron chi connectivity index (χ1n) is 15.5. The summed E-state index contributed by atoms with van der Waals surface area (Å²) in [5.41, 5.74) is 5.03. The molecule has 2 fully saturated rings. The summed E-state index contributed by atoms with van der Waals surface area (Å²) in [7, 11) is 1.91. The van der Waals surface area contributed by atoms with E-state index < -0.39 is 11.5 Å². The molecule has 4 N–H and O–H groups in total. The van der Waals surface area contributed by atoms with Gasteiger partial charge in [-0.15, -0.1) is 0 Å². The van der Waals surface area contributed by atoms with Gasteiger partial charge in [-0.25, -0.2) is 19.7 Å². The number of furan rings is 1. The van der Waals surface area contributed by atoms with E-state index in [1.807, 2.05) is 41.9 Å². The van der Waals surface area contributed by atoms with Crippen molar-refractivity contribution in [3.63, 3.8) is 0 Å². The number of aromatic carboxylic acids is 1. The van der Waals surface area contributed by atoms with Crippen molar-refractivity contribution < 1.29 is 19.1 Å². The fourth-order valence-electron chi connectivity index (χ4n) is 7.53. The van der Waals surface area contributed by atoms with Crippen LogP contribution in [0.2, 0.25) is 5.02 Å². The maximum Gasteiger partial charge on any atom is 0.372 e. The van der Waals surface area contributed by atoms with Crippen LogP contribution in [0, 0.1) is 6.92 Å². The molecule has 0 radical (unpaired) electrons. The van der Waals surface area contributed by atoms with E-state index in [0.29, 0.717) is 44.4 Å². The van der Waals surface area contributed by atoms with Gasteiger partial charge in [0.2, 0.25) is 5.76 Å². The van der Waals surface area contributed by atoms with Gasteiger partial charge in [0, 0.05) is 47.4 Å². The molecule has 4 heterocycles. The van der Waals surface area contributed by atoms with Crippen LogP contribution in [0.4, 0.5) is 0 Å². The topological polar surface area (TPSA) is 154 Å². The molecule has 0 aliphatic heterocycles. The van der Waals surface area contributed by atoms with Crippen LogP contribution in [-0.2, 0) is 12.6 Å². The number of halogens is 1. The van der Waals surface area contributed by atoms with E-state index in [2.05, 4.69) is 15.3 Å². The molecule has 2 aliphatic carbocycles. The average Bonchev–Trinajstić information content (AvgIpc) is 3.80. The number of aromatic nitrogens is 5. The van der Waals surface area contributed by atoms with Crippen molar-refractivity contribution in [1.82, 2.24) is 29.5 Å². The monoisotopic (exact) mass is 637 g/mol. The lowest BCUT2D eigenvalue weighted by Crippen LogP contribution is -2.52. The zero-order valence-electron chi connectivity index (χ0n) is 25.4. The number of carboxylic acid groups (broad SMARTS) is 1. The molecular weight excluding hydrogens is 606 g/mol. The summed E-state index contributed by atoms with van der Waals surface area (Å²) in [4.78, 5) is 39.5. The Balaban J connectivity index is 1.17. The summed E-state index contributed by atoms with van der Waals surface area (Å²) in [6.07, 6.45) is 10.0. The van der Waals surface area contributed by atoms with Crippen molar-refractivity contribution in [3.05, 3.63) is 76.0 Å². The maximum absolute atomic E-state index is 14.0. The maximum atomic E-state index is 14.0. The largest absolute Gasteiger partial charge is 0.475 e. The van der Waals surface area contributed by atoms with Gasteiger partial charge in [0.05, 0.1) is 27.1 Å². The molecule has 1 amide bonds. The predicted octanol–water partition coefficient (Wildman–Crippen LogP) is 6.57. The number of nitrogens with two attached hydrogens (primary N) is 1. The highest BCUT2D eigenvalue weighted by Crippen LogP contribution is 2.45. The molecule has 0 unspecified atom stereocenters. The number of nitrogens with one attached hydrogen (secondary N) is 1. The highest BCUT2D eigenvalue weighted by Gasteiger charge is 2.44. The molecule has 46 heavy (non-hydrogen) atoms. The molecule has 0 bridgehead atoms. The Labute approximate surface area is 268 Å². The molecule has 11 nitrogen and oxygen atoms in total. The Kier molecular flexibility index (Phi) is 6.40. The molecular formula is C34H32ClN7O4. The highest BCUT2D eigenvalue weighted by atomic mass is 35.5. The number of fused-ring (bicyclic) bond motifs is 3. The Morgan fingerprint density at radius 2 is 1.80 bits per heavy atom. The van der Waals surface area contributed by atoms with Crippen LogP contribution in [0.25, 0.3) is 44.4 Å². The Morgan fingerprint density at radius 1 is 1.07 bits per heavy atom. The minimum atomic E-state index is -1.10. The van der Waals surface area contributed by atoms with Gasteiger partial charge in [-0.3, -0.25) is 9.47 Å². The van der Waals surface area contributed by atoms with Gasteiger partial charge in [-0.05, 0) is 68.7 Å². The van der Waals surface area contributed by atoms with Crippen LogP contribution < -0.4 is 11.2 Å². The number of imidazole rings is 1. The molecule has 0 spiro atoms. The van der Waals surface area contributed by atoms with Crippen LogP contribution in [0.15, 0.2) is 47.1 Å². The van der Waals surface area contributed by atoms with Crippen molar-refractivity contribution >= 4 is 56.4 Å². The first kappa shape index (κ1) is 28.6. The lowest BCUT2D eigenvalue weighted by Gasteiger charge is -2.41. The number of hydrogen-bond acceptors (Lipinski definition) is 7. The lowest BCUT2D eigenvalue weighted by atomic mass is 9.75. The molecule has 234 valence electrons. The van der Waals surface area contributed by atoms with Crippen molar-refractivity contribution in [3.8, 4) is 11.5 Å². The molecule has 4 aromatic heterocycles. The van der Waals surface area contributed by atoms with Gasteiger partial charge in [0.15, 0.2) is 5.82 Å². The van der Waals surface area contributed by atoms with Gasteiger partial charge in [0.25, 0.3) is 5.91 Å². The molecule has 0 atom stereocenters. The van der Waals surface area contributed by atoms with Crippen molar-refractivity contribution in [2.75, 3.05) is 5.84 Å². The standard InChI is InChI=1S/C34H32ClN7O4/c1-17-22-13-23-25(14-26(22)46-29(17)32(44)45)41(2)33(39-23)34(10-5-11-34)40-31(43)19-8-9-21-24(12-19)42(36)28(27(21)18-6-3-4-7-18)30-37-15-20(35)16-38-30/h8-9,12-16,18H,3-7,10-11,36H2,1-2H3,(H,40,43)(H,44,45). The van der Waals surface area contributed by atoms with Crippen LogP contribution in [-0.4, -0.2) is 41.2 Å². The summed E-state index contributed by atoms with van der Waals surface area (Å²) >= 11 is 6.09. The predicted molar refractivity (Wildman–Crippen MR) is 175 cm³/mol. The number of carbonyl (C=O) groups excluding carboxylic acids is 1. The van der Waals surface area contributed by atoms with Gasteiger partial charge >= 0.3 is 5.97 Å². The van der Waals surface area contributed by atoms with Crippen molar-refractivity contribution in [1.29, 1.82) is 0 Å².